The number of urea groups is 1. The molecule has 1 heterocycles. The van der Waals surface area contributed by atoms with E-state index < -0.39 is 0 Å². The second kappa shape index (κ2) is 7.19. The summed E-state index contributed by atoms with van der Waals surface area (Å²) in [5, 5.41) is 9.68. The fourth-order valence-corrected chi connectivity index (χ4v) is 2.56. The molecule has 0 radical (unpaired) electrons. The molecule has 6 heteroatoms. The fourth-order valence-electron chi connectivity index (χ4n) is 1.84. The summed E-state index contributed by atoms with van der Waals surface area (Å²) in [4.78, 5) is 17.2. The van der Waals surface area contributed by atoms with Gasteiger partial charge < -0.3 is 16.0 Å². The molecule has 2 rings (SSSR count). The van der Waals surface area contributed by atoms with Crippen LogP contribution in [-0.2, 0) is 6.54 Å². The molecule has 0 spiro atoms. The van der Waals surface area contributed by atoms with Gasteiger partial charge in [-0.2, -0.15) is 0 Å². The molecular weight excluding hydrogens is 284 g/mol. The quantitative estimate of drug-likeness (QED) is 0.795. The Morgan fingerprint density at radius 3 is 2.62 bits per heavy atom. The predicted molar refractivity (Wildman–Crippen MR) is 86.6 cm³/mol. The molecule has 0 bridgehead atoms. The zero-order chi connectivity index (χ0) is 15.2. The van der Waals surface area contributed by atoms with E-state index in [0.717, 1.165) is 15.6 Å². The summed E-state index contributed by atoms with van der Waals surface area (Å²) in [6.07, 6.45) is 1.81. The number of nitrogens with one attached hydrogen (secondary N) is 3. The number of amides is 2. The number of nitrogens with zero attached hydrogens (tertiary/aromatic N) is 1. The summed E-state index contributed by atoms with van der Waals surface area (Å²) < 4.78 is 0. The maximum Gasteiger partial charge on any atom is 0.319 e. The van der Waals surface area contributed by atoms with E-state index in [-0.39, 0.29) is 6.03 Å². The Morgan fingerprint density at radius 1 is 1.33 bits per heavy atom. The third kappa shape index (κ3) is 4.54. The largest absolute Gasteiger partial charge is 0.331 e. The first-order valence-electron chi connectivity index (χ1n) is 6.82. The lowest BCUT2D eigenvalue weighted by molar-refractivity contribution is 0.251. The maximum atomic E-state index is 11.8. The van der Waals surface area contributed by atoms with Crippen LogP contribution in [0.4, 0.5) is 10.5 Å². The molecule has 0 saturated carbocycles. The SMILES string of the molecule is CNC(C)c1ccc(NC(=O)NCc2ncc(C)s2)cc1. The van der Waals surface area contributed by atoms with E-state index in [9.17, 15) is 4.79 Å². The van der Waals surface area contributed by atoms with Gasteiger partial charge in [-0.15, -0.1) is 11.3 Å². The van der Waals surface area contributed by atoms with Crippen LogP contribution in [0.5, 0.6) is 0 Å². The smallest absolute Gasteiger partial charge is 0.319 e. The molecule has 3 N–H and O–H groups in total. The van der Waals surface area contributed by atoms with Crippen molar-refractivity contribution in [1.82, 2.24) is 15.6 Å². The van der Waals surface area contributed by atoms with Crippen LogP contribution < -0.4 is 16.0 Å². The standard InChI is InChI=1S/C15H20N4OS/c1-10-8-17-14(21-10)9-18-15(20)19-13-6-4-12(5-7-13)11(2)16-3/h4-8,11,16H,9H2,1-3H3,(H2,18,19,20). The summed E-state index contributed by atoms with van der Waals surface area (Å²) in [7, 11) is 1.92. The highest BCUT2D eigenvalue weighted by Crippen LogP contribution is 2.15. The van der Waals surface area contributed by atoms with Crippen molar-refractivity contribution in [2.24, 2.45) is 0 Å². The van der Waals surface area contributed by atoms with Crippen LogP contribution in [0.25, 0.3) is 0 Å². The van der Waals surface area contributed by atoms with Gasteiger partial charge in [0.25, 0.3) is 0 Å². The van der Waals surface area contributed by atoms with Gasteiger partial charge in [-0.3, -0.25) is 0 Å². The molecular formula is C15H20N4OS. The summed E-state index contributed by atoms with van der Waals surface area (Å²) in [6, 6.07) is 7.87. The number of benzene rings is 1. The van der Waals surface area contributed by atoms with E-state index >= 15 is 0 Å². The molecule has 0 aliphatic heterocycles. The van der Waals surface area contributed by atoms with Crippen molar-refractivity contribution >= 4 is 23.1 Å². The number of aryl methyl sites for hydroxylation is 1. The topological polar surface area (TPSA) is 66.0 Å². The molecule has 112 valence electrons. The minimum absolute atomic E-state index is 0.225. The molecule has 1 unspecified atom stereocenters. The van der Waals surface area contributed by atoms with Crippen molar-refractivity contribution < 1.29 is 4.79 Å². The van der Waals surface area contributed by atoms with Gasteiger partial charge in [-0.25, -0.2) is 9.78 Å². The van der Waals surface area contributed by atoms with Gasteiger partial charge in [-0.1, -0.05) is 12.1 Å². The number of rotatable bonds is 5. The van der Waals surface area contributed by atoms with Gasteiger partial charge in [0.15, 0.2) is 0 Å². The minimum atomic E-state index is -0.225. The first-order valence-corrected chi connectivity index (χ1v) is 7.63. The summed E-state index contributed by atoms with van der Waals surface area (Å²) in [5.74, 6) is 0. The van der Waals surface area contributed by atoms with Crippen molar-refractivity contribution in [3.63, 3.8) is 0 Å². The van der Waals surface area contributed by atoms with Crippen LogP contribution >= 0.6 is 11.3 Å². The molecule has 21 heavy (non-hydrogen) atoms. The molecule has 1 atom stereocenters. The van der Waals surface area contributed by atoms with E-state index in [1.54, 1.807) is 17.5 Å². The molecule has 5 nitrogen and oxygen atoms in total. The van der Waals surface area contributed by atoms with Crippen molar-refractivity contribution in [2.75, 3.05) is 12.4 Å². The highest BCUT2D eigenvalue weighted by molar-refractivity contribution is 7.11. The van der Waals surface area contributed by atoms with Gasteiger partial charge in [0.05, 0.1) is 6.54 Å². The second-order valence-corrected chi connectivity index (χ2v) is 6.12. The predicted octanol–water partition coefficient (Wildman–Crippen LogP) is 3.05. The van der Waals surface area contributed by atoms with Gasteiger partial charge >= 0.3 is 6.03 Å². The van der Waals surface area contributed by atoms with Crippen LogP contribution in [0.1, 0.15) is 28.4 Å². The minimum Gasteiger partial charge on any atom is -0.331 e. The molecule has 2 amide bonds. The van der Waals surface area contributed by atoms with Gasteiger partial charge in [0, 0.05) is 22.8 Å². The fraction of sp³-hybridized carbons (Fsp3) is 0.333. The Bertz CT molecular complexity index is 594. The van der Waals surface area contributed by atoms with Gasteiger partial charge in [0.1, 0.15) is 5.01 Å². The third-order valence-electron chi connectivity index (χ3n) is 3.17. The van der Waals surface area contributed by atoms with Crippen molar-refractivity contribution in [1.29, 1.82) is 0 Å². The van der Waals surface area contributed by atoms with Crippen LogP contribution in [0.15, 0.2) is 30.5 Å². The van der Waals surface area contributed by atoms with Gasteiger partial charge in [-0.05, 0) is 38.6 Å². The van der Waals surface area contributed by atoms with E-state index in [0.29, 0.717) is 12.6 Å². The molecule has 2 aromatic rings. The molecule has 0 fully saturated rings. The lowest BCUT2D eigenvalue weighted by atomic mass is 10.1. The third-order valence-corrected chi connectivity index (χ3v) is 4.08. The Hall–Kier alpha value is -1.92. The highest BCUT2D eigenvalue weighted by Gasteiger charge is 2.05. The van der Waals surface area contributed by atoms with Crippen molar-refractivity contribution in [3.05, 3.63) is 45.9 Å². The Morgan fingerprint density at radius 2 is 2.05 bits per heavy atom. The van der Waals surface area contributed by atoms with Crippen LogP contribution in [-0.4, -0.2) is 18.1 Å². The number of anilines is 1. The highest BCUT2D eigenvalue weighted by atomic mass is 32.1. The number of aromatic nitrogens is 1. The number of carbonyl (C=O) groups is 1. The van der Waals surface area contributed by atoms with Crippen molar-refractivity contribution in [2.45, 2.75) is 26.4 Å². The van der Waals surface area contributed by atoms with Crippen LogP contribution in [0.3, 0.4) is 0 Å². The second-order valence-electron chi connectivity index (χ2n) is 4.80. The lowest BCUT2D eigenvalue weighted by Crippen LogP contribution is -2.28. The zero-order valence-corrected chi connectivity index (χ0v) is 13.3. The average Bonchev–Trinajstić information content (AvgIpc) is 2.91. The Balaban J connectivity index is 1.84. The van der Waals surface area contributed by atoms with Crippen LogP contribution in [0, 0.1) is 6.92 Å². The summed E-state index contributed by atoms with van der Waals surface area (Å²) in [6.45, 7) is 4.53. The van der Waals surface area contributed by atoms with Crippen LogP contribution in [0.2, 0.25) is 0 Å². The summed E-state index contributed by atoms with van der Waals surface area (Å²) >= 11 is 1.58. The molecule has 1 aromatic carbocycles. The number of hydrogen-bond donors (Lipinski definition) is 3. The Labute approximate surface area is 128 Å². The lowest BCUT2D eigenvalue weighted by Gasteiger charge is -2.11. The Kier molecular flexibility index (Phi) is 5.30. The number of hydrogen-bond acceptors (Lipinski definition) is 4. The molecule has 0 aliphatic carbocycles. The normalized spacial score (nSPS) is 12.0. The van der Waals surface area contributed by atoms with E-state index in [4.69, 9.17) is 0 Å². The first-order chi connectivity index (χ1) is 10.1. The van der Waals surface area contributed by atoms with Gasteiger partial charge in [0.2, 0.25) is 0 Å². The molecule has 0 saturated heterocycles. The van der Waals surface area contributed by atoms with Crippen molar-refractivity contribution in [3.8, 4) is 0 Å². The summed E-state index contributed by atoms with van der Waals surface area (Å²) in [5.41, 5.74) is 1.96. The molecule has 0 aliphatic rings. The average molecular weight is 304 g/mol. The zero-order valence-electron chi connectivity index (χ0n) is 12.4. The molecule has 1 aromatic heterocycles. The number of carbonyl (C=O) groups excluding carboxylic acids is 1. The monoisotopic (exact) mass is 304 g/mol. The maximum absolute atomic E-state index is 11.8. The van der Waals surface area contributed by atoms with E-state index in [1.807, 2.05) is 38.2 Å². The van der Waals surface area contributed by atoms with E-state index in [2.05, 4.69) is 27.9 Å². The first kappa shape index (κ1) is 15.5. The van der Waals surface area contributed by atoms with E-state index in [1.165, 1.54) is 5.56 Å². The number of thiazole rings is 1.